The number of hydrogen-bond donors (Lipinski definition) is 0. The van der Waals surface area contributed by atoms with Crippen LogP contribution in [0.2, 0.25) is 0 Å². The Balaban J connectivity index is 2.14. The van der Waals surface area contributed by atoms with Crippen molar-refractivity contribution in [2.75, 3.05) is 0 Å². The van der Waals surface area contributed by atoms with Gasteiger partial charge >= 0.3 is 0 Å². The lowest BCUT2D eigenvalue weighted by molar-refractivity contribution is 1.02. The van der Waals surface area contributed by atoms with Crippen LogP contribution in [0.4, 0.5) is 0 Å². The minimum Gasteiger partial charge on any atom is -0.276 e. The third-order valence-corrected chi connectivity index (χ3v) is 4.94. The van der Waals surface area contributed by atoms with Gasteiger partial charge in [-0.15, -0.1) is 0 Å². The maximum atomic E-state index is 14.0. The summed E-state index contributed by atoms with van der Waals surface area (Å²) in [7, 11) is 0. The Morgan fingerprint density at radius 2 is 1.14 bits per heavy atom. The van der Waals surface area contributed by atoms with Crippen LogP contribution in [0.1, 0.15) is 5.48 Å². The predicted molar refractivity (Wildman–Crippen MR) is 120 cm³/mol. The number of pyridine rings is 1. The zero-order valence-electron chi connectivity index (χ0n) is 19.5. The first-order valence-corrected chi connectivity index (χ1v) is 9.36. The van der Waals surface area contributed by atoms with Gasteiger partial charge in [-0.2, -0.15) is 0 Å². The topological polar surface area (TPSA) is 22.0 Å². The van der Waals surface area contributed by atoms with Crippen molar-refractivity contribution >= 4 is 10.8 Å². The lowest BCUT2D eigenvalue weighted by atomic mass is 9.93. The van der Waals surface area contributed by atoms with Crippen LogP contribution in [0.3, 0.4) is 0 Å². The molecule has 0 saturated carbocycles. The van der Waals surface area contributed by atoms with Gasteiger partial charge < -0.3 is 0 Å². The molecule has 0 aliphatic heterocycles. The van der Waals surface area contributed by atoms with Gasteiger partial charge in [-0.05, 0) is 34.7 Å². The molecule has 1 aromatic heterocycles. The molecule has 0 bridgehead atoms. The third kappa shape index (κ3) is 2.95. The van der Waals surface area contributed by atoms with E-state index in [9.17, 15) is 4.79 Å². The van der Waals surface area contributed by atoms with E-state index in [0.29, 0.717) is 16.9 Å². The number of para-hydroxylation sites is 1. The molecule has 0 unspecified atom stereocenters. The first kappa shape index (κ1) is 13.3. The molecular weight excluding hydrogens is 354 g/mol. The van der Waals surface area contributed by atoms with Gasteiger partial charge in [0.25, 0.3) is 5.56 Å². The van der Waals surface area contributed by atoms with Gasteiger partial charge in [0.2, 0.25) is 0 Å². The maximum Gasteiger partial charge on any atom is 0.263 e. The van der Waals surface area contributed by atoms with Gasteiger partial charge in [-0.1, -0.05) is 97.0 Å². The predicted octanol–water partition coefficient (Wildman–Crippen LogP) is 6.32. The summed E-state index contributed by atoms with van der Waals surface area (Å²) in [5.41, 5.74) is 2.83. The van der Waals surface area contributed by atoms with Gasteiger partial charge in [0, 0.05) is 16.6 Å². The van der Waals surface area contributed by atoms with Crippen molar-refractivity contribution in [3.05, 3.63) is 126 Å². The van der Waals surface area contributed by atoms with Gasteiger partial charge in [-0.3, -0.25) is 9.36 Å². The van der Waals surface area contributed by atoms with Crippen LogP contribution in [0.5, 0.6) is 0 Å². The van der Waals surface area contributed by atoms with E-state index in [1.165, 1.54) is 0 Å². The van der Waals surface area contributed by atoms with Crippen molar-refractivity contribution in [2.45, 2.75) is 0 Å². The molecule has 2 nitrogen and oxygen atoms in total. The highest BCUT2D eigenvalue weighted by Crippen LogP contribution is 2.37. The fraction of sp³-hybridized carbons (Fsp3) is 0. The highest BCUT2D eigenvalue weighted by molar-refractivity contribution is 6.03. The minimum absolute atomic E-state index is 0.0246. The molecule has 0 N–H and O–H groups in total. The summed E-state index contributed by atoms with van der Waals surface area (Å²) < 4.78 is 35.3. The molecule has 5 aromatic rings. The maximum absolute atomic E-state index is 14.0. The summed E-state index contributed by atoms with van der Waals surface area (Å²) in [4.78, 5) is 14.0. The monoisotopic (exact) mass is 377 g/mol. The third-order valence-electron chi connectivity index (χ3n) is 4.94. The SMILES string of the molecule is [2H]c1c([2H])c([2H])c2c(=O)n(-c3ccccc3)c(-c3ccccc3)c(-c3ccccc3)c2c1[2H]. The van der Waals surface area contributed by atoms with Crippen molar-refractivity contribution in [1.29, 1.82) is 0 Å². The standard InChI is InChI=1S/C27H19NO/c29-27-24-19-11-10-18-23(24)25(20-12-4-1-5-13-20)26(21-14-6-2-7-15-21)28(27)22-16-8-3-9-17-22/h1-19H/i10D,11D,18D,19D. The second kappa shape index (κ2) is 7.25. The number of rotatable bonds is 3. The first-order chi connectivity index (χ1) is 16.0. The zero-order chi connectivity index (χ0) is 23.1. The molecule has 0 amide bonds. The number of benzene rings is 4. The highest BCUT2D eigenvalue weighted by Gasteiger charge is 2.20. The Morgan fingerprint density at radius 1 is 0.621 bits per heavy atom. The van der Waals surface area contributed by atoms with E-state index in [-0.39, 0.29) is 28.9 Å². The molecule has 29 heavy (non-hydrogen) atoms. The quantitative estimate of drug-likeness (QED) is 0.360. The Kier molecular flexibility index (Phi) is 3.32. The fourth-order valence-corrected chi connectivity index (χ4v) is 3.68. The van der Waals surface area contributed by atoms with E-state index in [2.05, 4.69) is 0 Å². The van der Waals surface area contributed by atoms with E-state index in [0.717, 1.165) is 11.1 Å². The summed E-state index contributed by atoms with van der Waals surface area (Å²) >= 11 is 0. The molecular formula is C27H19NO. The second-order valence-corrected chi connectivity index (χ2v) is 6.68. The second-order valence-electron chi connectivity index (χ2n) is 6.68. The first-order valence-electron chi connectivity index (χ1n) is 11.4. The average molecular weight is 377 g/mol. The van der Waals surface area contributed by atoms with E-state index in [1.807, 2.05) is 91.0 Å². The van der Waals surface area contributed by atoms with E-state index in [1.54, 1.807) is 4.57 Å². The number of nitrogens with zero attached hydrogens (tertiary/aromatic N) is 1. The minimum atomic E-state index is -0.485. The van der Waals surface area contributed by atoms with Crippen molar-refractivity contribution in [3.8, 4) is 28.1 Å². The smallest absolute Gasteiger partial charge is 0.263 e. The van der Waals surface area contributed by atoms with Gasteiger partial charge in [-0.25, -0.2) is 0 Å². The summed E-state index contributed by atoms with van der Waals surface area (Å²) in [5, 5.41) is 0.201. The van der Waals surface area contributed by atoms with E-state index < -0.39 is 11.6 Å². The molecule has 4 aromatic carbocycles. The molecule has 0 aliphatic carbocycles. The number of fused-ring (bicyclic) bond motifs is 1. The van der Waals surface area contributed by atoms with Crippen molar-refractivity contribution in [3.63, 3.8) is 0 Å². The van der Waals surface area contributed by atoms with E-state index in [4.69, 9.17) is 5.48 Å². The Morgan fingerprint density at radius 3 is 1.76 bits per heavy atom. The number of aromatic nitrogens is 1. The van der Waals surface area contributed by atoms with Crippen LogP contribution in [-0.2, 0) is 0 Å². The van der Waals surface area contributed by atoms with Gasteiger partial charge in [0.15, 0.2) is 0 Å². The Hall–Kier alpha value is -3.91. The van der Waals surface area contributed by atoms with Crippen LogP contribution in [0.15, 0.2) is 120 Å². The lowest BCUT2D eigenvalue weighted by Crippen LogP contribution is -2.21. The van der Waals surface area contributed by atoms with Crippen LogP contribution in [0, 0.1) is 0 Å². The number of hydrogen-bond acceptors (Lipinski definition) is 1. The summed E-state index contributed by atoms with van der Waals surface area (Å²) in [6, 6.07) is 26.7. The molecule has 0 radical (unpaired) electrons. The van der Waals surface area contributed by atoms with Gasteiger partial charge in [0.1, 0.15) is 0 Å². The molecule has 0 aliphatic rings. The average Bonchev–Trinajstić information content (AvgIpc) is 2.87. The van der Waals surface area contributed by atoms with Crippen molar-refractivity contribution < 1.29 is 5.48 Å². The molecule has 138 valence electrons. The largest absolute Gasteiger partial charge is 0.276 e. The molecule has 1 heterocycles. The molecule has 2 heteroatoms. The van der Waals surface area contributed by atoms with Gasteiger partial charge in [0.05, 0.1) is 11.2 Å². The fourth-order valence-electron chi connectivity index (χ4n) is 3.68. The van der Waals surface area contributed by atoms with Crippen LogP contribution >= 0.6 is 0 Å². The normalized spacial score (nSPS) is 12.8. The van der Waals surface area contributed by atoms with Crippen LogP contribution in [0.25, 0.3) is 38.8 Å². The Labute approximate surface area is 174 Å². The Bertz CT molecular complexity index is 1550. The van der Waals surface area contributed by atoms with Crippen molar-refractivity contribution in [2.24, 2.45) is 0 Å². The highest BCUT2D eigenvalue weighted by atomic mass is 16.1. The zero-order valence-corrected chi connectivity index (χ0v) is 15.5. The summed E-state index contributed by atoms with van der Waals surface area (Å²) in [6.07, 6.45) is 0. The summed E-state index contributed by atoms with van der Waals surface area (Å²) in [6.45, 7) is 0. The van der Waals surface area contributed by atoms with Crippen molar-refractivity contribution in [1.82, 2.24) is 4.57 Å². The molecule has 5 rings (SSSR count). The lowest BCUT2D eigenvalue weighted by Gasteiger charge is -2.20. The molecule has 0 spiro atoms. The summed E-state index contributed by atoms with van der Waals surface area (Å²) in [5.74, 6) is 0. The van der Waals surface area contributed by atoms with Crippen LogP contribution < -0.4 is 5.56 Å². The molecule has 0 atom stereocenters. The molecule has 0 saturated heterocycles. The molecule has 0 fully saturated rings. The van der Waals surface area contributed by atoms with E-state index >= 15 is 0 Å². The van der Waals surface area contributed by atoms with Crippen LogP contribution in [-0.4, -0.2) is 4.57 Å².